The third kappa shape index (κ3) is 11.4. The second kappa shape index (κ2) is 17.9. The van der Waals surface area contributed by atoms with Gasteiger partial charge in [-0.2, -0.15) is 0 Å². The minimum atomic E-state index is -2.34. The predicted octanol–water partition coefficient (Wildman–Crippen LogP) is 6.02. The molecule has 3 N–H and O–H groups in total. The molecule has 0 amide bonds. The fourth-order valence-electron chi connectivity index (χ4n) is 4.50. The van der Waals surface area contributed by atoms with Gasteiger partial charge in [-0.15, -0.1) is 0 Å². The molecule has 5 nitrogen and oxygen atoms in total. The first kappa shape index (κ1) is 35.4. The molecular weight excluding hydrogens is 522 g/mol. The summed E-state index contributed by atoms with van der Waals surface area (Å²) < 4.78 is 35.0. The molecule has 1 fully saturated rings. The van der Waals surface area contributed by atoms with Crippen molar-refractivity contribution in [1.82, 2.24) is 20.2 Å². The number of hydrogen-bond donors (Lipinski definition) is 2. The van der Waals surface area contributed by atoms with Crippen molar-refractivity contribution < 1.29 is 13.2 Å². The number of allylic oxidation sites excluding steroid dienone is 1. The molecule has 9 heteroatoms. The van der Waals surface area contributed by atoms with Crippen LogP contribution in [0.5, 0.6) is 0 Å². The van der Waals surface area contributed by atoms with Crippen molar-refractivity contribution in [2.45, 2.75) is 70.7 Å². The second-order valence-electron chi connectivity index (χ2n) is 9.72. The van der Waals surface area contributed by atoms with E-state index in [4.69, 9.17) is 5.73 Å². The molecule has 1 saturated carbocycles. The first-order valence-electron chi connectivity index (χ1n) is 13.6. The summed E-state index contributed by atoms with van der Waals surface area (Å²) in [4.78, 5) is 10.6. The Balaban J connectivity index is 0.00000201. The maximum absolute atomic E-state index is 12.8. The predicted molar refractivity (Wildman–Crippen MR) is 164 cm³/mol. The molecule has 1 aliphatic rings. The zero-order valence-electron chi connectivity index (χ0n) is 24.8. The molecule has 2 radical (unpaired) electrons. The van der Waals surface area contributed by atoms with Gasteiger partial charge in [0.25, 0.3) is 0 Å². The zero-order valence-corrected chi connectivity index (χ0v) is 24.8. The fraction of sp³-hybridized carbons (Fsp3) is 0.438. The van der Waals surface area contributed by atoms with E-state index >= 15 is 0 Å². The highest BCUT2D eigenvalue weighted by atomic mass is 19.3. The van der Waals surface area contributed by atoms with E-state index < -0.39 is 6.43 Å². The van der Waals surface area contributed by atoms with Gasteiger partial charge in [-0.1, -0.05) is 63.7 Å². The van der Waals surface area contributed by atoms with Crippen LogP contribution in [0.1, 0.15) is 55.1 Å². The summed E-state index contributed by atoms with van der Waals surface area (Å²) in [6, 6.07) is 9.12. The standard InChI is InChI=1S/C30H37F2N5.CH3B.CH3F/c1-6-15-37(24(5)30(13-14-30)26-9-7-25(8-10-26)18-29(31)32)19-23(4)36-28(16-21(2)33)12-11-27-17-22(3)34-20-35-27;2*1-2/h7-10,17,20,28-29,36H,2,4-6,13-16,18-19,33H2,1,3H3;2*1H3. The first-order chi connectivity index (χ1) is 19.6. The van der Waals surface area contributed by atoms with Gasteiger partial charge >= 0.3 is 0 Å². The smallest absolute Gasteiger partial charge is 0.242 e. The van der Waals surface area contributed by atoms with E-state index in [2.05, 4.69) is 66.5 Å². The van der Waals surface area contributed by atoms with Crippen LogP contribution < -0.4 is 11.1 Å². The number of nitrogens with two attached hydrogens (primary N) is 1. The molecule has 1 heterocycles. The Hall–Kier alpha value is -3.67. The number of halogens is 3. The molecule has 220 valence electrons. The average molecular weight is 566 g/mol. The SMILES string of the molecule is C=C(N)CC(C#Cc1cc(C)ncn1)NC(=C)CN(CCC)C(=C)C1(c2ccc(CC(F)F)cc2)CC1.CF.[B]C. The molecule has 1 unspecified atom stereocenters. The molecule has 0 bridgehead atoms. The monoisotopic (exact) mass is 565 g/mol. The zero-order chi connectivity index (χ0) is 31.0. The lowest BCUT2D eigenvalue weighted by atomic mass is 9.90. The van der Waals surface area contributed by atoms with Crippen molar-refractivity contribution in [3.05, 3.63) is 96.0 Å². The Morgan fingerprint density at radius 2 is 1.78 bits per heavy atom. The van der Waals surface area contributed by atoms with Crippen molar-refractivity contribution in [3.63, 3.8) is 0 Å². The number of alkyl halides is 3. The first-order valence-corrected chi connectivity index (χ1v) is 13.6. The van der Waals surface area contributed by atoms with Gasteiger partial charge in [0.05, 0.1) is 27.6 Å². The number of hydrogen-bond acceptors (Lipinski definition) is 5. The molecule has 3 rings (SSSR count). The summed E-state index contributed by atoms with van der Waals surface area (Å²) in [5, 5.41) is 3.41. The van der Waals surface area contributed by atoms with E-state index in [0.29, 0.717) is 37.1 Å². The van der Waals surface area contributed by atoms with Crippen molar-refractivity contribution >= 4 is 7.85 Å². The normalized spacial score (nSPS) is 13.2. The number of aryl methyl sites for hydroxylation is 1. The Labute approximate surface area is 245 Å². The fourth-order valence-corrected chi connectivity index (χ4v) is 4.50. The minimum absolute atomic E-state index is 0.158. The van der Waals surface area contributed by atoms with Crippen LogP contribution in [-0.2, 0) is 11.8 Å². The van der Waals surface area contributed by atoms with E-state index in [0.717, 1.165) is 48.5 Å². The highest BCUT2D eigenvalue weighted by Gasteiger charge is 2.48. The Morgan fingerprint density at radius 1 is 1.15 bits per heavy atom. The largest absolute Gasteiger partial charge is 0.402 e. The van der Waals surface area contributed by atoms with E-state index in [9.17, 15) is 13.2 Å². The van der Waals surface area contributed by atoms with Gasteiger partial charge in [-0.25, -0.2) is 18.7 Å². The van der Waals surface area contributed by atoms with Crippen molar-refractivity contribution in [2.75, 3.05) is 20.3 Å². The Bertz CT molecular complexity index is 1180. The van der Waals surface area contributed by atoms with Gasteiger partial charge in [0.1, 0.15) is 12.0 Å². The van der Waals surface area contributed by atoms with Crippen LogP contribution in [0, 0.1) is 18.8 Å². The lowest BCUT2D eigenvalue weighted by molar-refractivity contribution is 0.149. The molecule has 1 aromatic carbocycles. The van der Waals surface area contributed by atoms with Gasteiger partial charge in [-0.3, -0.25) is 4.39 Å². The number of nitrogens with zero attached hydrogens (tertiary/aromatic N) is 3. The minimum Gasteiger partial charge on any atom is -0.402 e. The number of rotatable bonds is 13. The quantitative estimate of drug-likeness (QED) is 0.230. The molecule has 2 aromatic rings. The molecule has 1 atom stereocenters. The van der Waals surface area contributed by atoms with E-state index in [1.54, 1.807) is 0 Å². The van der Waals surface area contributed by atoms with Crippen molar-refractivity contribution in [1.29, 1.82) is 0 Å². The Morgan fingerprint density at radius 3 is 2.29 bits per heavy atom. The van der Waals surface area contributed by atoms with Gasteiger partial charge < -0.3 is 16.0 Å². The van der Waals surface area contributed by atoms with Crippen LogP contribution in [0.2, 0.25) is 6.82 Å². The molecule has 0 aliphatic heterocycles. The topological polar surface area (TPSA) is 67.1 Å². The number of nitrogens with one attached hydrogen (secondary N) is 1. The summed E-state index contributed by atoms with van der Waals surface area (Å²) >= 11 is 0. The average Bonchev–Trinajstić information content (AvgIpc) is 3.75. The summed E-state index contributed by atoms with van der Waals surface area (Å²) in [5.41, 5.74) is 11.4. The van der Waals surface area contributed by atoms with Gasteiger partial charge in [0.2, 0.25) is 6.43 Å². The van der Waals surface area contributed by atoms with E-state index in [1.807, 2.05) is 37.3 Å². The molecule has 1 aliphatic carbocycles. The summed E-state index contributed by atoms with van der Waals surface area (Å²) in [6.45, 7) is 19.5. The number of aromatic nitrogens is 2. The van der Waals surface area contributed by atoms with Crippen LogP contribution in [0.4, 0.5) is 13.2 Å². The second-order valence-corrected chi connectivity index (χ2v) is 9.72. The van der Waals surface area contributed by atoms with Crippen LogP contribution in [-0.4, -0.2) is 55.4 Å². The molecule has 0 spiro atoms. The molecule has 41 heavy (non-hydrogen) atoms. The van der Waals surface area contributed by atoms with Gasteiger partial charge in [0, 0.05) is 47.6 Å². The molecule has 1 aromatic heterocycles. The third-order valence-electron chi connectivity index (χ3n) is 6.48. The van der Waals surface area contributed by atoms with Crippen LogP contribution in [0.25, 0.3) is 0 Å². The van der Waals surface area contributed by atoms with Crippen molar-refractivity contribution in [2.24, 2.45) is 5.73 Å². The van der Waals surface area contributed by atoms with E-state index in [1.165, 1.54) is 13.2 Å². The summed E-state index contributed by atoms with van der Waals surface area (Å²) in [6.07, 6.45) is 2.32. The maximum Gasteiger partial charge on any atom is 0.242 e. The molecule has 0 saturated heterocycles. The van der Waals surface area contributed by atoms with Crippen LogP contribution in [0.15, 0.2) is 73.5 Å². The van der Waals surface area contributed by atoms with Gasteiger partial charge in [0.15, 0.2) is 0 Å². The highest BCUT2D eigenvalue weighted by molar-refractivity contribution is 6.05. The summed E-state index contributed by atoms with van der Waals surface area (Å²) in [5.74, 6) is 6.29. The summed E-state index contributed by atoms with van der Waals surface area (Å²) in [7, 11) is 5.00. The highest BCUT2D eigenvalue weighted by Crippen LogP contribution is 2.54. The maximum atomic E-state index is 12.8. The van der Waals surface area contributed by atoms with Gasteiger partial charge in [-0.05, 0) is 49.3 Å². The number of benzene rings is 1. The molecular formula is C32H43BF3N5. The van der Waals surface area contributed by atoms with Crippen molar-refractivity contribution in [3.8, 4) is 11.8 Å². The lowest BCUT2D eigenvalue weighted by Crippen LogP contribution is -2.37. The van der Waals surface area contributed by atoms with E-state index in [-0.39, 0.29) is 17.9 Å². The third-order valence-corrected chi connectivity index (χ3v) is 6.48. The Kier molecular flexibility index (Phi) is 15.4. The lowest BCUT2D eigenvalue weighted by Gasteiger charge is -2.33. The van der Waals surface area contributed by atoms with Crippen LogP contribution >= 0.6 is 0 Å². The van der Waals surface area contributed by atoms with Crippen LogP contribution in [0.3, 0.4) is 0 Å².